The maximum Gasteiger partial charge on any atom is 0.267 e. The van der Waals surface area contributed by atoms with Crippen LogP contribution in [0.15, 0.2) is 0 Å². The lowest BCUT2D eigenvalue weighted by Gasteiger charge is -2.25. The van der Waals surface area contributed by atoms with E-state index in [0.29, 0.717) is 12.8 Å². The SMILES string of the molecule is CCC(O)COP(=O)([O-])OCCCC[N+](C)(C)C. The number of hydrogen-bond acceptors (Lipinski definition) is 5. The zero-order chi connectivity index (χ0) is 14.2. The minimum absolute atomic E-state index is 0.128. The molecular weight excluding hydrogens is 257 g/mol. The fourth-order valence-corrected chi connectivity index (χ4v) is 1.98. The average molecular weight is 283 g/mol. The quantitative estimate of drug-likeness (QED) is 0.363. The van der Waals surface area contributed by atoms with E-state index < -0.39 is 13.9 Å². The summed E-state index contributed by atoms with van der Waals surface area (Å²) in [5, 5.41) is 9.18. The van der Waals surface area contributed by atoms with Crippen LogP contribution in [0.3, 0.4) is 0 Å². The summed E-state index contributed by atoms with van der Waals surface area (Å²) < 4.78 is 21.4. The molecule has 0 aliphatic heterocycles. The molecule has 0 radical (unpaired) electrons. The van der Waals surface area contributed by atoms with E-state index in [1.807, 2.05) is 0 Å². The van der Waals surface area contributed by atoms with Crippen molar-refractivity contribution in [2.24, 2.45) is 0 Å². The lowest BCUT2D eigenvalue weighted by atomic mass is 10.3. The third-order valence-corrected chi connectivity index (χ3v) is 3.33. The first-order valence-corrected chi connectivity index (χ1v) is 7.71. The maximum absolute atomic E-state index is 11.3. The van der Waals surface area contributed by atoms with E-state index >= 15 is 0 Å². The topological polar surface area (TPSA) is 78.8 Å². The maximum atomic E-state index is 11.3. The minimum atomic E-state index is -4.26. The number of quaternary nitrogens is 1. The van der Waals surface area contributed by atoms with E-state index in [2.05, 4.69) is 25.7 Å². The highest BCUT2D eigenvalue weighted by Crippen LogP contribution is 2.38. The summed E-state index contributed by atoms with van der Waals surface area (Å²) in [5.74, 6) is 0. The second-order valence-corrected chi connectivity index (χ2v) is 6.77. The van der Waals surface area contributed by atoms with Crippen molar-refractivity contribution in [3.05, 3.63) is 0 Å². The molecule has 0 saturated carbocycles. The Morgan fingerprint density at radius 3 is 2.39 bits per heavy atom. The van der Waals surface area contributed by atoms with Gasteiger partial charge in [0.2, 0.25) is 0 Å². The molecule has 2 unspecified atom stereocenters. The van der Waals surface area contributed by atoms with Gasteiger partial charge in [-0.05, 0) is 19.3 Å². The first-order chi connectivity index (χ1) is 8.16. The van der Waals surface area contributed by atoms with Gasteiger partial charge in [0.25, 0.3) is 7.82 Å². The monoisotopic (exact) mass is 283 g/mol. The number of rotatable bonds is 10. The first-order valence-electron chi connectivity index (χ1n) is 6.25. The Morgan fingerprint density at radius 2 is 1.89 bits per heavy atom. The Hall–Kier alpha value is 0.0300. The lowest BCUT2D eigenvalue weighted by Crippen LogP contribution is -2.35. The smallest absolute Gasteiger partial charge is 0.267 e. The Labute approximate surface area is 110 Å². The van der Waals surface area contributed by atoms with Gasteiger partial charge in [-0.2, -0.15) is 0 Å². The van der Waals surface area contributed by atoms with E-state index in [9.17, 15) is 14.6 Å². The number of aliphatic hydroxyl groups is 1. The lowest BCUT2D eigenvalue weighted by molar-refractivity contribution is -0.870. The highest BCUT2D eigenvalue weighted by atomic mass is 31.2. The molecule has 0 fully saturated rings. The van der Waals surface area contributed by atoms with Crippen LogP contribution in [-0.4, -0.2) is 56.6 Å². The third kappa shape index (κ3) is 11.1. The van der Waals surface area contributed by atoms with Crippen LogP contribution in [0.2, 0.25) is 0 Å². The molecule has 110 valence electrons. The summed E-state index contributed by atoms with van der Waals surface area (Å²) in [7, 11) is 1.98. The highest BCUT2D eigenvalue weighted by Gasteiger charge is 2.12. The summed E-state index contributed by atoms with van der Waals surface area (Å²) in [5.41, 5.74) is 0. The number of nitrogens with zero attached hydrogens (tertiary/aromatic N) is 1. The first kappa shape index (κ1) is 18.0. The van der Waals surface area contributed by atoms with Gasteiger partial charge in [-0.1, -0.05) is 6.92 Å². The van der Waals surface area contributed by atoms with Gasteiger partial charge in [-0.25, -0.2) is 0 Å². The second-order valence-electron chi connectivity index (χ2n) is 5.36. The van der Waals surface area contributed by atoms with Crippen LogP contribution in [0.1, 0.15) is 26.2 Å². The molecule has 0 aromatic heterocycles. The second kappa shape index (κ2) is 8.25. The molecule has 0 amide bonds. The molecule has 0 saturated heterocycles. The van der Waals surface area contributed by atoms with Crippen molar-refractivity contribution >= 4 is 7.82 Å². The van der Waals surface area contributed by atoms with Crippen LogP contribution in [0.5, 0.6) is 0 Å². The summed E-state index contributed by atoms with van der Waals surface area (Å²) in [6, 6.07) is 0. The standard InChI is InChI=1S/C11H26NO5P/c1-5-11(13)10-17-18(14,15)16-9-7-6-8-12(2,3)4/h11,13H,5-10H2,1-4H3. The molecular formula is C11H26NO5P. The van der Waals surface area contributed by atoms with Crippen molar-refractivity contribution in [2.75, 3.05) is 40.9 Å². The van der Waals surface area contributed by atoms with Crippen LogP contribution >= 0.6 is 7.82 Å². The molecule has 0 aromatic carbocycles. The number of phosphoric acid groups is 1. The fraction of sp³-hybridized carbons (Fsp3) is 1.00. The molecule has 1 N–H and O–H groups in total. The van der Waals surface area contributed by atoms with E-state index in [1.165, 1.54) is 0 Å². The molecule has 0 aliphatic rings. The molecule has 6 nitrogen and oxygen atoms in total. The Morgan fingerprint density at radius 1 is 1.28 bits per heavy atom. The number of unbranched alkanes of at least 4 members (excludes halogenated alkanes) is 1. The summed E-state index contributed by atoms with van der Waals surface area (Å²) in [4.78, 5) is 11.3. The van der Waals surface area contributed by atoms with Crippen molar-refractivity contribution in [2.45, 2.75) is 32.3 Å². The van der Waals surface area contributed by atoms with Crippen molar-refractivity contribution in [3.8, 4) is 0 Å². The van der Waals surface area contributed by atoms with Crippen molar-refractivity contribution in [1.29, 1.82) is 0 Å². The number of hydrogen-bond donors (Lipinski definition) is 1. The summed E-state index contributed by atoms with van der Waals surface area (Å²) in [6.45, 7) is 2.59. The largest absolute Gasteiger partial charge is 0.756 e. The predicted molar refractivity (Wildman–Crippen MR) is 67.9 cm³/mol. The molecule has 0 aromatic rings. The van der Waals surface area contributed by atoms with E-state index in [4.69, 9.17) is 4.52 Å². The van der Waals surface area contributed by atoms with Gasteiger partial charge >= 0.3 is 0 Å². The van der Waals surface area contributed by atoms with Crippen LogP contribution in [0, 0.1) is 0 Å². The molecule has 0 aliphatic carbocycles. The van der Waals surface area contributed by atoms with Gasteiger partial charge in [0.15, 0.2) is 0 Å². The Kier molecular flexibility index (Phi) is 8.26. The molecule has 0 rings (SSSR count). The predicted octanol–water partition coefficient (Wildman–Crippen LogP) is 0.745. The third-order valence-electron chi connectivity index (χ3n) is 2.37. The van der Waals surface area contributed by atoms with Gasteiger partial charge in [-0.15, -0.1) is 0 Å². The molecule has 18 heavy (non-hydrogen) atoms. The van der Waals surface area contributed by atoms with Crippen LogP contribution in [0.25, 0.3) is 0 Å². The van der Waals surface area contributed by atoms with Gasteiger partial charge in [-0.3, -0.25) is 4.57 Å². The number of aliphatic hydroxyl groups excluding tert-OH is 1. The summed E-state index contributed by atoms with van der Waals surface area (Å²) >= 11 is 0. The summed E-state index contributed by atoms with van der Waals surface area (Å²) in [6.07, 6.45) is 1.24. The van der Waals surface area contributed by atoms with E-state index in [0.717, 1.165) is 17.4 Å². The van der Waals surface area contributed by atoms with Crippen LogP contribution in [0.4, 0.5) is 0 Å². The van der Waals surface area contributed by atoms with Crippen molar-refractivity contribution in [1.82, 2.24) is 0 Å². The zero-order valence-corrected chi connectivity index (χ0v) is 12.7. The molecule has 0 spiro atoms. The highest BCUT2D eigenvalue weighted by molar-refractivity contribution is 7.45. The van der Waals surface area contributed by atoms with Gasteiger partial charge in [0, 0.05) is 0 Å². The fourth-order valence-electron chi connectivity index (χ4n) is 1.20. The molecule has 7 heteroatoms. The molecule has 2 atom stereocenters. The van der Waals surface area contributed by atoms with Gasteiger partial charge in [0.1, 0.15) is 0 Å². The van der Waals surface area contributed by atoms with Crippen molar-refractivity contribution < 1.29 is 28.1 Å². The molecule has 0 heterocycles. The van der Waals surface area contributed by atoms with Gasteiger partial charge < -0.3 is 23.5 Å². The zero-order valence-electron chi connectivity index (χ0n) is 11.8. The van der Waals surface area contributed by atoms with Crippen LogP contribution < -0.4 is 4.89 Å². The van der Waals surface area contributed by atoms with Gasteiger partial charge in [0.05, 0.1) is 47.0 Å². The normalized spacial score (nSPS) is 17.4. The Balaban J connectivity index is 3.68. The van der Waals surface area contributed by atoms with Crippen LogP contribution in [-0.2, 0) is 13.6 Å². The number of phosphoric ester groups is 1. The average Bonchev–Trinajstić information content (AvgIpc) is 2.24. The minimum Gasteiger partial charge on any atom is -0.756 e. The molecule has 0 bridgehead atoms. The van der Waals surface area contributed by atoms with Crippen molar-refractivity contribution in [3.63, 3.8) is 0 Å². The Bertz CT molecular complexity index is 267. The van der Waals surface area contributed by atoms with E-state index in [1.54, 1.807) is 6.92 Å². The van der Waals surface area contributed by atoms with E-state index in [-0.39, 0.29) is 13.2 Å².